The molecule has 0 atom stereocenters. The third-order valence-electron chi connectivity index (χ3n) is 2.48. The Morgan fingerprint density at radius 1 is 1.26 bits per heavy atom. The van der Waals surface area contributed by atoms with Gasteiger partial charge >= 0.3 is 5.97 Å². The van der Waals surface area contributed by atoms with Crippen LogP contribution < -0.4 is 4.74 Å². The standard InChI is InChI=1S/C14H10ClFO3/c15-11-4-5-13(16)10(6-11)8-19-12-3-1-2-9(7-12)14(17)18/h1-7H,8H2,(H,17,18). The number of halogens is 2. The molecule has 0 aliphatic heterocycles. The summed E-state index contributed by atoms with van der Waals surface area (Å²) in [5.41, 5.74) is 0.428. The molecule has 0 aromatic heterocycles. The second kappa shape index (κ2) is 5.71. The Bertz CT molecular complexity index is 613. The summed E-state index contributed by atoms with van der Waals surface area (Å²) in [6.45, 7) is -0.0184. The molecule has 0 unspecified atom stereocenters. The summed E-state index contributed by atoms with van der Waals surface area (Å²) in [7, 11) is 0. The highest BCUT2D eigenvalue weighted by Gasteiger charge is 2.06. The molecule has 0 saturated heterocycles. The van der Waals surface area contributed by atoms with Crippen molar-refractivity contribution in [3.8, 4) is 5.75 Å². The number of carboxylic acids is 1. The average Bonchev–Trinajstić information content (AvgIpc) is 2.40. The molecule has 0 fully saturated rings. The highest BCUT2D eigenvalue weighted by molar-refractivity contribution is 6.30. The number of rotatable bonds is 4. The van der Waals surface area contributed by atoms with E-state index in [2.05, 4.69) is 0 Å². The third-order valence-corrected chi connectivity index (χ3v) is 2.72. The number of carboxylic acid groups (broad SMARTS) is 1. The lowest BCUT2D eigenvalue weighted by molar-refractivity contribution is 0.0696. The smallest absolute Gasteiger partial charge is 0.335 e. The van der Waals surface area contributed by atoms with Crippen LogP contribution in [0.3, 0.4) is 0 Å². The lowest BCUT2D eigenvalue weighted by Gasteiger charge is -2.08. The first kappa shape index (κ1) is 13.4. The van der Waals surface area contributed by atoms with E-state index in [1.165, 1.54) is 30.3 Å². The molecule has 19 heavy (non-hydrogen) atoms. The average molecular weight is 281 g/mol. The van der Waals surface area contributed by atoms with E-state index in [9.17, 15) is 9.18 Å². The second-order valence-electron chi connectivity index (χ2n) is 3.86. The van der Waals surface area contributed by atoms with Crippen LogP contribution in [0, 0.1) is 5.82 Å². The van der Waals surface area contributed by atoms with Crippen molar-refractivity contribution < 1.29 is 19.0 Å². The summed E-state index contributed by atoms with van der Waals surface area (Å²) in [6, 6.07) is 10.2. The van der Waals surface area contributed by atoms with E-state index in [4.69, 9.17) is 21.4 Å². The van der Waals surface area contributed by atoms with Gasteiger partial charge in [-0.1, -0.05) is 17.7 Å². The summed E-state index contributed by atoms with van der Waals surface area (Å²) in [6.07, 6.45) is 0. The predicted molar refractivity (Wildman–Crippen MR) is 69.1 cm³/mol. The fourth-order valence-corrected chi connectivity index (χ4v) is 1.73. The largest absolute Gasteiger partial charge is 0.489 e. The third kappa shape index (κ3) is 3.45. The van der Waals surface area contributed by atoms with Gasteiger partial charge in [0, 0.05) is 10.6 Å². The molecule has 0 bridgehead atoms. The highest BCUT2D eigenvalue weighted by atomic mass is 35.5. The molecule has 2 aromatic carbocycles. The Labute approximate surface area is 114 Å². The molecular formula is C14H10ClFO3. The van der Waals surface area contributed by atoms with Crippen molar-refractivity contribution in [2.45, 2.75) is 6.61 Å². The van der Waals surface area contributed by atoms with Crippen molar-refractivity contribution in [2.24, 2.45) is 0 Å². The van der Waals surface area contributed by atoms with Gasteiger partial charge in [0.15, 0.2) is 0 Å². The minimum atomic E-state index is -1.04. The molecule has 98 valence electrons. The zero-order valence-corrected chi connectivity index (χ0v) is 10.5. The first-order valence-electron chi connectivity index (χ1n) is 5.46. The van der Waals surface area contributed by atoms with E-state index in [1.54, 1.807) is 12.1 Å². The Hall–Kier alpha value is -2.07. The van der Waals surface area contributed by atoms with E-state index in [0.717, 1.165) is 0 Å². The maximum atomic E-state index is 13.4. The van der Waals surface area contributed by atoms with Crippen LogP contribution in [-0.4, -0.2) is 11.1 Å². The van der Waals surface area contributed by atoms with Crippen LogP contribution in [0.5, 0.6) is 5.75 Å². The molecule has 0 aliphatic rings. The van der Waals surface area contributed by atoms with Crippen LogP contribution in [0.1, 0.15) is 15.9 Å². The Balaban J connectivity index is 2.12. The number of ether oxygens (including phenoxy) is 1. The first-order chi connectivity index (χ1) is 9.06. The van der Waals surface area contributed by atoms with Gasteiger partial charge in [-0.2, -0.15) is 0 Å². The summed E-state index contributed by atoms with van der Waals surface area (Å²) in [4.78, 5) is 10.8. The van der Waals surface area contributed by atoms with E-state index < -0.39 is 11.8 Å². The van der Waals surface area contributed by atoms with Gasteiger partial charge in [-0.3, -0.25) is 0 Å². The van der Waals surface area contributed by atoms with Gasteiger partial charge in [0.25, 0.3) is 0 Å². The van der Waals surface area contributed by atoms with Crippen LogP contribution in [0.4, 0.5) is 4.39 Å². The molecule has 0 saturated carbocycles. The summed E-state index contributed by atoms with van der Waals surface area (Å²) < 4.78 is 18.8. The zero-order valence-electron chi connectivity index (χ0n) is 9.77. The lowest BCUT2D eigenvalue weighted by Crippen LogP contribution is -2.00. The van der Waals surface area contributed by atoms with Crippen molar-refractivity contribution in [1.82, 2.24) is 0 Å². The van der Waals surface area contributed by atoms with Crippen LogP contribution in [0.15, 0.2) is 42.5 Å². The maximum absolute atomic E-state index is 13.4. The predicted octanol–water partition coefficient (Wildman–Crippen LogP) is 3.76. The minimum absolute atomic E-state index is 0.0184. The molecule has 3 nitrogen and oxygen atoms in total. The molecule has 0 amide bonds. The minimum Gasteiger partial charge on any atom is -0.489 e. The molecule has 0 heterocycles. The fraction of sp³-hybridized carbons (Fsp3) is 0.0714. The van der Waals surface area contributed by atoms with Crippen molar-refractivity contribution in [1.29, 1.82) is 0 Å². The Morgan fingerprint density at radius 3 is 2.79 bits per heavy atom. The maximum Gasteiger partial charge on any atom is 0.335 e. The number of hydrogen-bond acceptors (Lipinski definition) is 2. The van der Waals surface area contributed by atoms with E-state index in [0.29, 0.717) is 16.3 Å². The summed E-state index contributed by atoms with van der Waals surface area (Å²) >= 11 is 5.77. The van der Waals surface area contributed by atoms with Crippen molar-refractivity contribution in [2.75, 3.05) is 0 Å². The topological polar surface area (TPSA) is 46.5 Å². The van der Waals surface area contributed by atoms with Crippen molar-refractivity contribution >= 4 is 17.6 Å². The molecule has 1 N–H and O–H groups in total. The van der Waals surface area contributed by atoms with Gasteiger partial charge in [0.2, 0.25) is 0 Å². The van der Waals surface area contributed by atoms with Gasteiger partial charge in [0.05, 0.1) is 5.56 Å². The first-order valence-corrected chi connectivity index (χ1v) is 5.84. The molecule has 0 radical (unpaired) electrons. The summed E-state index contributed by atoms with van der Waals surface area (Å²) in [5.74, 6) is -1.10. The van der Waals surface area contributed by atoms with Crippen molar-refractivity contribution in [3.63, 3.8) is 0 Å². The van der Waals surface area contributed by atoms with Crippen LogP contribution in [0.2, 0.25) is 5.02 Å². The van der Waals surface area contributed by atoms with Crippen LogP contribution in [0.25, 0.3) is 0 Å². The quantitative estimate of drug-likeness (QED) is 0.927. The van der Waals surface area contributed by atoms with Gasteiger partial charge in [-0.15, -0.1) is 0 Å². The van der Waals surface area contributed by atoms with E-state index in [-0.39, 0.29) is 12.2 Å². The second-order valence-corrected chi connectivity index (χ2v) is 4.29. The van der Waals surface area contributed by atoms with E-state index >= 15 is 0 Å². The molecule has 0 aliphatic carbocycles. The highest BCUT2D eigenvalue weighted by Crippen LogP contribution is 2.19. The van der Waals surface area contributed by atoms with Gasteiger partial charge in [-0.05, 0) is 36.4 Å². The lowest BCUT2D eigenvalue weighted by atomic mass is 10.2. The zero-order chi connectivity index (χ0) is 13.8. The molecule has 5 heteroatoms. The van der Waals surface area contributed by atoms with Gasteiger partial charge < -0.3 is 9.84 Å². The Morgan fingerprint density at radius 2 is 2.05 bits per heavy atom. The van der Waals surface area contributed by atoms with E-state index in [1.807, 2.05) is 0 Å². The normalized spacial score (nSPS) is 10.2. The monoisotopic (exact) mass is 280 g/mol. The molecule has 2 rings (SSSR count). The van der Waals surface area contributed by atoms with Crippen LogP contribution >= 0.6 is 11.6 Å². The Kier molecular flexibility index (Phi) is 4.02. The van der Waals surface area contributed by atoms with Crippen LogP contribution in [-0.2, 0) is 6.61 Å². The summed E-state index contributed by atoms with van der Waals surface area (Å²) in [5, 5.41) is 9.26. The number of hydrogen-bond donors (Lipinski definition) is 1. The molecule has 2 aromatic rings. The molecule has 0 spiro atoms. The van der Waals surface area contributed by atoms with Gasteiger partial charge in [-0.25, -0.2) is 9.18 Å². The number of aromatic carboxylic acids is 1. The number of carbonyl (C=O) groups is 1. The number of benzene rings is 2. The fourth-order valence-electron chi connectivity index (χ4n) is 1.53. The SMILES string of the molecule is O=C(O)c1cccc(OCc2cc(Cl)ccc2F)c1. The van der Waals surface area contributed by atoms with Gasteiger partial charge in [0.1, 0.15) is 18.2 Å². The molecular weight excluding hydrogens is 271 g/mol. The van der Waals surface area contributed by atoms with Crippen molar-refractivity contribution in [3.05, 3.63) is 64.4 Å².